The van der Waals surface area contributed by atoms with Gasteiger partial charge in [-0.15, -0.1) is 11.3 Å². The van der Waals surface area contributed by atoms with Crippen molar-refractivity contribution >= 4 is 51.3 Å². The fourth-order valence-corrected chi connectivity index (χ4v) is 8.60. The van der Waals surface area contributed by atoms with Gasteiger partial charge in [0.1, 0.15) is 21.5 Å². The molecule has 2 aliphatic rings. The van der Waals surface area contributed by atoms with Crippen molar-refractivity contribution in [2.24, 2.45) is 17.8 Å². The minimum Gasteiger partial charge on any atom is -0.465 e. The van der Waals surface area contributed by atoms with E-state index in [2.05, 4.69) is 15.4 Å². The molecule has 2 fully saturated rings. The van der Waals surface area contributed by atoms with Crippen molar-refractivity contribution < 1.29 is 46.6 Å². The standard InChI is InChI=1S/C37H61N5O10S2/c1-8-50-33(45)29(40-54(48,49)31-10-9-23-53-31)24-38-30(43)25-39-32(44)28(13-11-26-15-19-41(20-16-26)34(46)51-36(2,3)4)14-12-27-17-21-42(22-18-27)35(47)52-37(5,6)7/h9-10,23,26-29,40H,8,11-22,24-25H2,1-7H3,(H,38,43)(H,39,44)/t29-/m0/s1. The monoisotopic (exact) mass is 799 g/mol. The van der Waals surface area contributed by atoms with E-state index < -0.39 is 39.1 Å². The molecule has 4 amide bonds. The maximum Gasteiger partial charge on any atom is 0.410 e. The molecule has 54 heavy (non-hydrogen) atoms. The molecule has 3 N–H and O–H groups in total. The molecule has 17 heteroatoms. The van der Waals surface area contributed by atoms with Gasteiger partial charge in [0.05, 0.1) is 13.2 Å². The van der Waals surface area contributed by atoms with E-state index in [0.29, 0.717) is 50.9 Å². The summed E-state index contributed by atoms with van der Waals surface area (Å²) in [6.07, 6.45) is 5.37. The van der Waals surface area contributed by atoms with Gasteiger partial charge in [-0.2, -0.15) is 4.72 Å². The Morgan fingerprint density at radius 3 is 1.76 bits per heavy atom. The molecular weight excluding hydrogens is 739 g/mol. The van der Waals surface area contributed by atoms with Gasteiger partial charge in [0.15, 0.2) is 0 Å². The number of carbonyl (C=O) groups is 5. The quantitative estimate of drug-likeness (QED) is 0.157. The van der Waals surface area contributed by atoms with Crippen molar-refractivity contribution in [1.29, 1.82) is 0 Å². The average Bonchev–Trinajstić information content (AvgIpc) is 3.65. The molecular formula is C37H61N5O10S2. The lowest BCUT2D eigenvalue weighted by molar-refractivity contribution is -0.145. The van der Waals surface area contributed by atoms with Crippen LogP contribution in [0.5, 0.6) is 0 Å². The van der Waals surface area contributed by atoms with E-state index in [0.717, 1.165) is 49.9 Å². The van der Waals surface area contributed by atoms with E-state index in [9.17, 15) is 32.4 Å². The number of hydrogen-bond donors (Lipinski definition) is 3. The molecule has 3 rings (SSSR count). The van der Waals surface area contributed by atoms with E-state index >= 15 is 0 Å². The molecule has 0 saturated carbocycles. The molecule has 3 heterocycles. The maximum atomic E-state index is 13.6. The summed E-state index contributed by atoms with van der Waals surface area (Å²) >= 11 is 0.988. The molecule has 0 radical (unpaired) electrons. The number of rotatable bonds is 16. The Kier molecular flexibility index (Phi) is 17.0. The smallest absolute Gasteiger partial charge is 0.410 e. The van der Waals surface area contributed by atoms with E-state index in [1.165, 1.54) is 6.07 Å². The highest BCUT2D eigenvalue weighted by Crippen LogP contribution is 2.30. The van der Waals surface area contributed by atoms with Crippen molar-refractivity contribution in [3.05, 3.63) is 17.5 Å². The first kappa shape index (κ1) is 45.0. The molecule has 1 aromatic rings. The van der Waals surface area contributed by atoms with Crippen LogP contribution < -0.4 is 15.4 Å². The summed E-state index contributed by atoms with van der Waals surface area (Å²) in [5.74, 6) is -1.39. The van der Waals surface area contributed by atoms with E-state index in [-0.39, 0.29) is 47.9 Å². The number of thiophene rings is 1. The molecule has 0 bridgehead atoms. The van der Waals surface area contributed by atoms with Crippen molar-refractivity contribution in [2.45, 2.75) is 121 Å². The number of likely N-dealkylation sites (tertiary alicyclic amines) is 2. The Hall–Kier alpha value is -3.44. The van der Waals surface area contributed by atoms with Crippen LogP contribution in [0.25, 0.3) is 0 Å². The lowest BCUT2D eigenvalue weighted by Crippen LogP contribution is -2.50. The second-order valence-electron chi connectivity index (χ2n) is 16.1. The van der Waals surface area contributed by atoms with Crippen LogP contribution in [-0.4, -0.2) is 111 Å². The number of hydrogen-bond acceptors (Lipinski definition) is 11. The van der Waals surface area contributed by atoms with Gasteiger partial charge in [-0.05, 0) is 123 Å². The largest absolute Gasteiger partial charge is 0.465 e. The highest BCUT2D eigenvalue weighted by molar-refractivity contribution is 7.91. The maximum absolute atomic E-state index is 13.6. The Balaban J connectivity index is 1.56. The van der Waals surface area contributed by atoms with E-state index in [1.54, 1.807) is 28.2 Å². The highest BCUT2D eigenvalue weighted by atomic mass is 32.2. The summed E-state index contributed by atoms with van der Waals surface area (Å²) < 4.78 is 43.9. The summed E-state index contributed by atoms with van der Waals surface area (Å²) in [6, 6.07) is 1.61. The molecule has 2 aliphatic heterocycles. The molecule has 0 unspecified atom stereocenters. The summed E-state index contributed by atoms with van der Waals surface area (Å²) in [5, 5.41) is 6.89. The number of carbonyl (C=O) groups excluding carboxylic acids is 5. The normalized spacial score (nSPS) is 16.8. The molecule has 1 atom stereocenters. The Labute approximate surface area is 324 Å². The summed E-state index contributed by atoms with van der Waals surface area (Å²) in [6.45, 7) is 14.3. The predicted molar refractivity (Wildman–Crippen MR) is 204 cm³/mol. The SMILES string of the molecule is CCOC(=O)[C@H](CNC(=O)CNC(=O)C(CCC1CCN(C(=O)OC(C)(C)C)CC1)CCC1CCN(C(=O)OC(C)(C)C)CC1)NS(=O)(=O)c1cccs1. The number of esters is 1. The number of piperidine rings is 2. The van der Waals surface area contributed by atoms with Crippen molar-refractivity contribution in [3.8, 4) is 0 Å². The van der Waals surface area contributed by atoms with Crippen LogP contribution in [0.15, 0.2) is 21.7 Å². The fraction of sp³-hybridized carbons (Fsp3) is 0.757. The van der Waals surface area contributed by atoms with E-state index in [1.807, 2.05) is 41.5 Å². The topological polar surface area (TPSA) is 190 Å². The number of ether oxygens (including phenoxy) is 3. The first-order chi connectivity index (χ1) is 25.3. The van der Waals surface area contributed by atoms with Crippen LogP contribution in [0.1, 0.15) is 99.8 Å². The zero-order valence-corrected chi connectivity index (χ0v) is 34.6. The van der Waals surface area contributed by atoms with E-state index in [4.69, 9.17) is 14.2 Å². The minimum absolute atomic E-state index is 0.0172. The third kappa shape index (κ3) is 15.7. The van der Waals surface area contributed by atoms with Crippen LogP contribution in [0.2, 0.25) is 0 Å². The summed E-state index contributed by atoms with van der Waals surface area (Å²) in [5.41, 5.74) is -1.13. The van der Waals surface area contributed by atoms with Crippen LogP contribution in [0, 0.1) is 17.8 Å². The van der Waals surface area contributed by atoms with Gasteiger partial charge in [0, 0.05) is 38.6 Å². The molecule has 0 aromatic carbocycles. The van der Waals surface area contributed by atoms with Crippen LogP contribution in [0.4, 0.5) is 9.59 Å². The van der Waals surface area contributed by atoms with Crippen LogP contribution in [0.3, 0.4) is 0 Å². The predicted octanol–water partition coefficient (Wildman–Crippen LogP) is 4.66. The fourth-order valence-electron chi connectivity index (χ4n) is 6.41. The molecule has 15 nitrogen and oxygen atoms in total. The Morgan fingerprint density at radius 2 is 1.33 bits per heavy atom. The highest BCUT2D eigenvalue weighted by Gasteiger charge is 2.32. The zero-order chi connectivity index (χ0) is 40.1. The third-order valence-corrected chi connectivity index (χ3v) is 12.2. The second kappa shape index (κ2) is 20.5. The second-order valence-corrected chi connectivity index (χ2v) is 18.9. The van der Waals surface area contributed by atoms with Crippen molar-refractivity contribution in [2.75, 3.05) is 45.9 Å². The Morgan fingerprint density at radius 1 is 0.833 bits per heavy atom. The number of nitrogens with one attached hydrogen (secondary N) is 3. The third-order valence-electron chi connectivity index (χ3n) is 9.30. The molecule has 1 aromatic heterocycles. The summed E-state index contributed by atoms with van der Waals surface area (Å²) in [7, 11) is -4.03. The molecule has 306 valence electrons. The molecule has 0 spiro atoms. The van der Waals surface area contributed by atoms with Gasteiger partial charge in [-0.25, -0.2) is 18.0 Å². The first-order valence-electron chi connectivity index (χ1n) is 19.0. The number of nitrogens with zero attached hydrogens (tertiary/aromatic N) is 2. The summed E-state index contributed by atoms with van der Waals surface area (Å²) in [4.78, 5) is 67.6. The number of sulfonamides is 1. The van der Waals surface area contributed by atoms with Gasteiger partial charge < -0.3 is 34.6 Å². The Bertz CT molecular complexity index is 1440. The van der Waals surface area contributed by atoms with Crippen molar-refractivity contribution in [3.63, 3.8) is 0 Å². The van der Waals surface area contributed by atoms with Crippen LogP contribution >= 0.6 is 11.3 Å². The number of amides is 4. The molecule has 2 saturated heterocycles. The van der Waals surface area contributed by atoms with Gasteiger partial charge in [0.2, 0.25) is 11.8 Å². The van der Waals surface area contributed by atoms with Gasteiger partial charge >= 0.3 is 18.2 Å². The lowest BCUT2D eigenvalue weighted by Gasteiger charge is -2.34. The average molecular weight is 800 g/mol. The molecule has 0 aliphatic carbocycles. The first-order valence-corrected chi connectivity index (χ1v) is 21.3. The van der Waals surface area contributed by atoms with Crippen LogP contribution in [-0.2, 0) is 38.6 Å². The zero-order valence-electron chi connectivity index (χ0n) is 32.9. The minimum atomic E-state index is -4.03. The van der Waals surface area contributed by atoms with Gasteiger partial charge in [0.25, 0.3) is 10.0 Å². The van der Waals surface area contributed by atoms with Gasteiger partial charge in [-0.3, -0.25) is 14.4 Å². The van der Waals surface area contributed by atoms with Gasteiger partial charge in [-0.1, -0.05) is 6.07 Å². The lowest BCUT2D eigenvalue weighted by atomic mass is 9.84. The van der Waals surface area contributed by atoms with Crippen molar-refractivity contribution in [1.82, 2.24) is 25.2 Å².